The second-order valence-corrected chi connectivity index (χ2v) is 9.99. The molecular weight excluding hydrogens is 390 g/mol. The smallest absolute Gasteiger partial charge is 0.253 e. The van der Waals surface area contributed by atoms with E-state index in [1.54, 1.807) is 29.2 Å². The van der Waals surface area contributed by atoms with E-state index in [1.165, 1.54) is 25.7 Å². The molecule has 1 atom stereocenters. The molecule has 1 saturated carbocycles. The summed E-state index contributed by atoms with van der Waals surface area (Å²) in [4.78, 5) is 27.3. The zero-order valence-electron chi connectivity index (χ0n) is 17.0. The van der Waals surface area contributed by atoms with E-state index in [1.807, 2.05) is 0 Å². The first-order valence-corrected chi connectivity index (χ1v) is 12.4. The van der Waals surface area contributed by atoms with Gasteiger partial charge in [0.2, 0.25) is 15.9 Å². The zero-order chi connectivity index (χ0) is 20.9. The standard InChI is InChI=1S/C21H31N3O4S/c1-29(27,28)23-19-12-10-16(11-13-19)21(26)24-14-6-7-17(15-24)20(25)22-18-8-4-2-3-5-9-18/h10-13,17-18,23H,2-9,14-15H2,1H3,(H,22,25)/t17-/m1/s1. The molecule has 1 aliphatic heterocycles. The van der Waals surface area contributed by atoms with Crippen LogP contribution in [0.1, 0.15) is 61.7 Å². The average molecular weight is 422 g/mol. The molecule has 2 fully saturated rings. The highest BCUT2D eigenvalue weighted by atomic mass is 32.2. The van der Waals surface area contributed by atoms with Crippen LogP contribution in [0.15, 0.2) is 24.3 Å². The fraction of sp³-hybridized carbons (Fsp3) is 0.619. The van der Waals surface area contributed by atoms with Crippen molar-refractivity contribution in [1.82, 2.24) is 10.2 Å². The van der Waals surface area contributed by atoms with Gasteiger partial charge in [0, 0.05) is 30.4 Å². The Labute approximate surface area is 173 Å². The number of piperidine rings is 1. The van der Waals surface area contributed by atoms with Gasteiger partial charge in [-0.3, -0.25) is 14.3 Å². The van der Waals surface area contributed by atoms with Gasteiger partial charge in [0.05, 0.1) is 12.2 Å². The van der Waals surface area contributed by atoms with Gasteiger partial charge >= 0.3 is 0 Å². The number of sulfonamides is 1. The van der Waals surface area contributed by atoms with Gasteiger partial charge in [0.25, 0.3) is 5.91 Å². The minimum atomic E-state index is -3.35. The summed E-state index contributed by atoms with van der Waals surface area (Å²) in [6.07, 6.45) is 9.63. The van der Waals surface area contributed by atoms with Crippen LogP contribution < -0.4 is 10.0 Å². The van der Waals surface area contributed by atoms with Gasteiger partial charge in [-0.1, -0.05) is 25.7 Å². The van der Waals surface area contributed by atoms with Crippen LogP contribution >= 0.6 is 0 Å². The van der Waals surface area contributed by atoms with Crippen molar-refractivity contribution < 1.29 is 18.0 Å². The molecule has 0 unspecified atom stereocenters. The number of rotatable bonds is 5. The van der Waals surface area contributed by atoms with Crippen LogP contribution in [-0.4, -0.2) is 50.5 Å². The number of likely N-dealkylation sites (tertiary alicyclic amines) is 1. The molecule has 2 amide bonds. The molecule has 0 radical (unpaired) electrons. The highest BCUT2D eigenvalue weighted by Crippen LogP contribution is 2.22. The number of carbonyl (C=O) groups excluding carboxylic acids is 2. The van der Waals surface area contributed by atoms with E-state index >= 15 is 0 Å². The molecular formula is C21H31N3O4S. The van der Waals surface area contributed by atoms with E-state index < -0.39 is 10.0 Å². The van der Waals surface area contributed by atoms with E-state index in [0.717, 1.165) is 31.9 Å². The predicted octanol–water partition coefficient (Wildman–Crippen LogP) is 2.75. The van der Waals surface area contributed by atoms with Gasteiger partial charge in [0.1, 0.15) is 0 Å². The number of hydrogen-bond donors (Lipinski definition) is 2. The van der Waals surface area contributed by atoms with Crippen molar-refractivity contribution in [2.24, 2.45) is 5.92 Å². The lowest BCUT2D eigenvalue weighted by Crippen LogP contribution is -2.47. The highest BCUT2D eigenvalue weighted by Gasteiger charge is 2.30. The lowest BCUT2D eigenvalue weighted by Gasteiger charge is -2.33. The number of nitrogens with one attached hydrogen (secondary N) is 2. The van der Waals surface area contributed by atoms with E-state index in [4.69, 9.17) is 0 Å². The summed E-state index contributed by atoms with van der Waals surface area (Å²) >= 11 is 0. The third kappa shape index (κ3) is 6.45. The first-order chi connectivity index (χ1) is 13.8. The first kappa shape index (κ1) is 21.6. The molecule has 29 heavy (non-hydrogen) atoms. The summed E-state index contributed by atoms with van der Waals surface area (Å²) in [5.74, 6) is -0.216. The Hall–Kier alpha value is -2.09. The van der Waals surface area contributed by atoms with Crippen LogP contribution in [0, 0.1) is 5.92 Å². The lowest BCUT2D eigenvalue weighted by atomic mass is 9.95. The molecule has 0 aromatic heterocycles. The SMILES string of the molecule is CS(=O)(=O)Nc1ccc(C(=O)N2CCC[C@@H](C(=O)NC3CCCCCC3)C2)cc1. The van der Waals surface area contributed by atoms with Crippen LogP contribution in [0.25, 0.3) is 0 Å². The quantitative estimate of drug-likeness (QED) is 0.715. The van der Waals surface area contributed by atoms with E-state index in [9.17, 15) is 18.0 Å². The maximum absolute atomic E-state index is 12.9. The fourth-order valence-corrected chi connectivity index (χ4v) is 4.76. The Kier molecular flexibility index (Phi) is 7.16. The molecule has 2 aliphatic rings. The molecule has 0 spiro atoms. The highest BCUT2D eigenvalue weighted by molar-refractivity contribution is 7.92. The number of amides is 2. The van der Waals surface area contributed by atoms with Crippen LogP contribution in [0.4, 0.5) is 5.69 Å². The second kappa shape index (κ2) is 9.61. The minimum Gasteiger partial charge on any atom is -0.353 e. The van der Waals surface area contributed by atoms with E-state index in [0.29, 0.717) is 24.3 Å². The van der Waals surface area contributed by atoms with Crippen LogP contribution in [0.2, 0.25) is 0 Å². The minimum absolute atomic E-state index is 0.0714. The van der Waals surface area contributed by atoms with Crippen molar-refractivity contribution in [3.05, 3.63) is 29.8 Å². The largest absolute Gasteiger partial charge is 0.353 e. The van der Waals surface area contributed by atoms with Crippen molar-refractivity contribution >= 4 is 27.5 Å². The normalized spacial score (nSPS) is 21.3. The summed E-state index contributed by atoms with van der Waals surface area (Å²) in [6.45, 7) is 1.07. The van der Waals surface area contributed by atoms with Crippen LogP contribution in [0.3, 0.4) is 0 Å². The van der Waals surface area contributed by atoms with Crippen LogP contribution in [0.5, 0.6) is 0 Å². The Morgan fingerprint density at radius 3 is 2.24 bits per heavy atom. The summed E-state index contributed by atoms with van der Waals surface area (Å²) in [5, 5.41) is 3.21. The Balaban J connectivity index is 1.57. The predicted molar refractivity (Wildman–Crippen MR) is 113 cm³/mol. The molecule has 1 aromatic carbocycles. The number of anilines is 1. The number of nitrogens with zero attached hydrogens (tertiary/aromatic N) is 1. The van der Waals surface area contributed by atoms with E-state index in [-0.39, 0.29) is 23.8 Å². The average Bonchev–Trinajstić information content (AvgIpc) is 2.95. The Bertz CT molecular complexity index is 815. The molecule has 7 nitrogen and oxygen atoms in total. The fourth-order valence-electron chi connectivity index (χ4n) is 4.20. The van der Waals surface area contributed by atoms with Crippen molar-refractivity contribution in [2.45, 2.75) is 57.4 Å². The molecule has 160 valence electrons. The van der Waals surface area contributed by atoms with Gasteiger partial charge in [0.15, 0.2) is 0 Å². The molecule has 1 aliphatic carbocycles. The summed E-state index contributed by atoms with van der Waals surface area (Å²) in [5.41, 5.74) is 0.914. The van der Waals surface area contributed by atoms with Crippen LogP contribution in [-0.2, 0) is 14.8 Å². The molecule has 1 aromatic rings. The first-order valence-electron chi connectivity index (χ1n) is 10.5. The summed E-state index contributed by atoms with van der Waals surface area (Å²) in [6, 6.07) is 6.66. The topological polar surface area (TPSA) is 95.6 Å². The van der Waals surface area contributed by atoms with Crippen molar-refractivity contribution in [3.8, 4) is 0 Å². The van der Waals surface area contributed by atoms with Crippen molar-refractivity contribution in [1.29, 1.82) is 0 Å². The van der Waals surface area contributed by atoms with E-state index in [2.05, 4.69) is 10.0 Å². The molecule has 1 heterocycles. The monoisotopic (exact) mass is 421 g/mol. The lowest BCUT2D eigenvalue weighted by molar-refractivity contribution is -0.127. The Morgan fingerprint density at radius 2 is 1.62 bits per heavy atom. The molecule has 8 heteroatoms. The molecule has 1 saturated heterocycles. The zero-order valence-corrected chi connectivity index (χ0v) is 17.8. The summed E-state index contributed by atoms with van der Waals surface area (Å²) < 4.78 is 25.0. The number of benzene rings is 1. The van der Waals surface area contributed by atoms with Gasteiger partial charge in [-0.05, 0) is 49.9 Å². The second-order valence-electron chi connectivity index (χ2n) is 8.24. The van der Waals surface area contributed by atoms with Gasteiger partial charge in [-0.2, -0.15) is 0 Å². The molecule has 0 bridgehead atoms. The molecule has 3 rings (SSSR count). The third-order valence-corrected chi connectivity index (χ3v) is 6.32. The van der Waals surface area contributed by atoms with Crippen molar-refractivity contribution in [3.63, 3.8) is 0 Å². The Morgan fingerprint density at radius 1 is 0.966 bits per heavy atom. The maximum atomic E-state index is 12.9. The van der Waals surface area contributed by atoms with Crippen molar-refractivity contribution in [2.75, 3.05) is 24.1 Å². The number of hydrogen-bond acceptors (Lipinski definition) is 4. The van der Waals surface area contributed by atoms with Gasteiger partial charge in [-0.15, -0.1) is 0 Å². The summed E-state index contributed by atoms with van der Waals surface area (Å²) in [7, 11) is -3.35. The number of carbonyl (C=O) groups is 2. The van der Waals surface area contributed by atoms with Gasteiger partial charge < -0.3 is 10.2 Å². The molecule has 2 N–H and O–H groups in total. The third-order valence-electron chi connectivity index (χ3n) is 5.72. The maximum Gasteiger partial charge on any atom is 0.253 e. The van der Waals surface area contributed by atoms with Gasteiger partial charge in [-0.25, -0.2) is 8.42 Å².